The summed E-state index contributed by atoms with van der Waals surface area (Å²) in [6, 6.07) is 2.52. The van der Waals surface area contributed by atoms with Crippen LogP contribution in [-0.4, -0.2) is 17.5 Å². The number of rotatable bonds is 2. The molecule has 0 bridgehead atoms. The fourth-order valence-electron chi connectivity index (χ4n) is 1.54. The van der Waals surface area contributed by atoms with Crippen molar-refractivity contribution in [2.24, 2.45) is 0 Å². The lowest BCUT2D eigenvalue weighted by atomic mass is 10.1. The van der Waals surface area contributed by atoms with Gasteiger partial charge in [0.15, 0.2) is 5.78 Å². The van der Waals surface area contributed by atoms with Gasteiger partial charge in [0.2, 0.25) is 0 Å². The zero-order chi connectivity index (χ0) is 16.4. The molecule has 21 heavy (non-hydrogen) atoms. The van der Waals surface area contributed by atoms with Crippen molar-refractivity contribution in [3.05, 3.63) is 29.3 Å². The van der Waals surface area contributed by atoms with Crippen LogP contribution in [0.5, 0.6) is 0 Å². The van der Waals surface area contributed by atoms with Crippen molar-refractivity contribution < 1.29 is 27.5 Å². The van der Waals surface area contributed by atoms with E-state index in [0.717, 1.165) is 12.1 Å². The molecule has 0 spiro atoms. The number of anilines is 1. The normalized spacial score (nSPS) is 12.0. The van der Waals surface area contributed by atoms with Crippen molar-refractivity contribution in [1.82, 2.24) is 0 Å². The molecule has 0 fully saturated rings. The lowest BCUT2D eigenvalue weighted by molar-refractivity contribution is -0.137. The Morgan fingerprint density at radius 1 is 1.14 bits per heavy atom. The Labute approximate surface area is 120 Å². The van der Waals surface area contributed by atoms with Gasteiger partial charge in [-0.3, -0.25) is 10.1 Å². The van der Waals surface area contributed by atoms with Gasteiger partial charge in [0.25, 0.3) is 0 Å². The smallest absolute Gasteiger partial charge is 0.416 e. The van der Waals surface area contributed by atoms with Crippen LogP contribution in [0.4, 0.5) is 23.7 Å². The fourth-order valence-corrected chi connectivity index (χ4v) is 1.54. The van der Waals surface area contributed by atoms with E-state index >= 15 is 0 Å². The fraction of sp³-hybridized carbons (Fsp3) is 0.429. The molecule has 0 aliphatic rings. The number of ketones is 1. The van der Waals surface area contributed by atoms with E-state index in [1.807, 2.05) is 0 Å². The molecule has 1 aromatic rings. The SMILES string of the molecule is CC(=O)c1ccc(C(F)(F)F)cc1NC(=O)OC(C)(C)C. The summed E-state index contributed by atoms with van der Waals surface area (Å²) in [7, 11) is 0. The maximum absolute atomic E-state index is 12.7. The van der Waals surface area contributed by atoms with Crippen molar-refractivity contribution in [3.8, 4) is 0 Å². The van der Waals surface area contributed by atoms with E-state index in [1.54, 1.807) is 20.8 Å². The van der Waals surface area contributed by atoms with Gasteiger partial charge in [-0.05, 0) is 45.9 Å². The minimum atomic E-state index is -4.57. The van der Waals surface area contributed by atoms with Crippen LogP contribution in [0.15, 0.2) is 18.2 Å². The first-order chi connectivity index (χ1) is 9.40. The minimum Gasteiger partial charge on any atom is -0.444 e. The number of Topliss-reactive ketones (excluding diaryl/α,β-unsaturated/α-hetero) is 1. The van der Waals surface area contributed by atoms with Crippen LogP contribution in [0, 0.1) is 0 Å². The van der Waals surface area contributed by atoms with Crippen LogP contribution < -0.4 is 5.32 Å². The molecular weight excluding hydrogens is 287 g/mol. The third-order valence-corrected chi connectivity index (χ3v) is 2.36. The number of halogens is 3. The van der Waals surface area contributed by atoms with Gasteiger partial charge in [-0.25, -0.2) is 4.79 Å². The Morgan fingerprint density at radius 3 is 2.14 bits per heavy atom. The van der Waals surface area contributed by atoms with Crippen LogP contribution in [-0.2, 0) is 10.9 Å². The van der Waals surface area contributed by atoms with E-state index < -0.39 is 29.2 Å². The second-order valence-electron chi connectivity index (χ2n) is 5.44. The molecule has 0 heterocycles. The van der Waals surface area contributed by atoms with Crippen LogP contribution in [0.2, 0.25) is 0 Å². The van der Waals surface area contributed by atoms with E-state index in [-0.39, 0.29) is 11.3 Å². The molecule has 0 radical (unpaired) electrons. The Balaban J connectivity index is 3.13. The lowest BCUT2D eigenvalue weighted by Crippen LogP contribution is -2.27. The summed E-state index contributed by atoms with van der Waals surface area (Å²) >= 11 is 0. The van der Waals surface area contributed by atoms with Gasteiger partial charge in [0, 0.05) is 5.56 Å². The van der Waals surface area contributed by atoms with E-state index in [1.165, 1.54) is 6.92 Å². The molecule has 0 saturated carbocycles. The third kappa shape index (κ3) is 5.09. The van der Waals surface area contributed by atoms with Crippen LogP contribution in [0.3, 0.4) is 0 Å². The van der Waals surface area contributed by atoms with Gasteiger partial charge in [0.1, 0.15) is 5.60 Å². The van der Waals surface area contributed by atoms with Crippen molar-refractivity contribution in [2.45, 2.75) is 39.5 Å². The maximum atomic E-state index is 12.7. The lowest BCUT2D eigenvalue weighted by Gasteiger charge is -2.20. The Kier molecular flexibility index (Phi) is 4.65. The molecular formula is C14H16F3NO3. The number of nitrogens with one attached hydrogen (secondary N) is 1. The summed E-state index contributed by atoms with van der Waals surface area (Å²) in [5, 5.41) is 2.18. The van der Waals surface area contributed by atoms with Crippen molar-refractivity contribution >= 4 is 17.6 Å². The summed E-state index contributed by atoms with van der Waals surface area (Å²) in [5.74, 6) is -0.463. The topological polar surface area (TPSA) is 55.4 Å². The molecule has 0 aliphatic carbocycles. The molecule has 7 heteroatoms. The highest BCUT2D eigenvalue weighted by atomic mass is 19.4. The molecule has 0 aromatic heterocycles. The average molecular weight is 303 g/mol. The van der Waals surface area contributed by atoms with Gasteiger partial charge in [0.05, 0.1) is 11.3 Å². The summed E-state index contributed by atoms with van der Waals surface area (Å²) in [5.41, 5.74) is -2.01. The summed E-state index contributed by atoms with van der Waals surface area (Å²) in [4.78, 5) is 23.1. The van der Waals surface area contributed by atoms with E-state index in [0.29, 0.717) is 6.07 Å². The molecule has 1 amide bonds. The second-order valence-corrected chi connectivity index (χ2v) is 5.44. The highest BCUT2D eigenvalue weighted by Crippen LogP contribution is 2.32. The number of alkyl halides is 3. The summed E-state index contributed by atoms with van der Waals surface area (Å²) < 4.78 is 43.0. The monoisotopic (exact) mass is 303 g/mol. The quantitative estimate of drug-likeness (QED) is 0.831. The number of hydrogen-bond donors (Lipinski definition) is 1. The number of ether oxygens (including phenoxy) is 1. The van der Waals surface area contributed by atoms with Crippen LogP contribution in [0.1, 0.15) is 43.6 Å². The van der Waals surface area contributed by atoms with Gasteiger partial charge < -0.3 is 4.74 Å². The molecule has 4 nitrogen and oxygen atoms in total. The van der Waals surface area contributed by atoms with Gasteiger partial charge in [-0.15, -0.1) is 0 Å². The molecule has 116 valence electrons. The molecule has 1 rings (SSSR count). The minimum absolute atomic E-state index is 0.0196. The number of amides is 1. The summed E-state index contributed by atoms with van der Waals surface area (Å²) in [6.45, 7) is 6.04. The van der Waals surface area contributed by atoms with Crippen molar-refractivity contribution in [3.63, 3.8) is 0 Å². The standard InChI is InChI=1S/C14H16F3NO3/c1-8(19)10-6-5-9(14(15,16)17)7-11(10)18-12(20)21-13(2,3)4/h5-7H,1-4H3,(H,18,20). The first-order valence-corrected chi connectivity index (χ1v) is 6.12. The maximum Gasteiger partial charge on any atom is 0.416 e. The van der Waals surface area contributed by atoms with E-state index in [2.05, 4.69) is 5.32 Å². The molecule has 0 aliphatic heterocycles. The molecule has 1 N–H and O–H groups in total. The van der Waals surface area contributed by atoms with Gasteiger partial charge >= 0.3 is 12.3 Å². The van der Waals surface area contributed by atoms with E-state index in [4.69, 9.17) is 4.74 Å². The van der Waals surface area contributed by atoms with Crippen molar-refractivity contribution in [1.29, 1.82) is 0 Å². The molecule has 1 aromatic carbocycles. The van der Waals surface area contributed by atoms with Crippen molar-refractivity contribution in [2.75, 3.05) is 5.32 Å². The number of benzene rings is 1. The largest absolute Gasteiger partial charge is 0.444 e. The highest BCUT2D eigenvalue weighted by Gasteiger charge is 2.31. The Hall–Kier alpha value is -2.05. The Morgan fingerprint density at radius 2 is 1.71 bits per heavy atom. The molecule has 0 saturated heterocycles. The van der Waals surface area contributed by atoms with Crippen LogP contribution in [0.25, 0.3) is 0 Å². The Bertz CT molecular complexity index is 560. The summed E-state index contributed by atoms with van der Waals surface area (Å²) in [6.07, 6.45) is -5.50. The molecule has 0 unspecified atom stereocenters. The van der Waals surface area contributed by atoms with Crippen LogP contribution >= 0.6 is 0 Å². The predicted octanol–water partition coefficient (Wildman–Crippen LogP) is 4.26. The first kappa shape index (κ1) is 17.0. The van der Waals surface area contributed by atoms with Gasteiger partial charge in [-0.2, -0.15) is 13.2 Å². The zero-order valence-electron chi connectivity index (χ0n) is 12.1. The third-order valence-electron chi connectivity index (χ3n) is 2.36. The second kappa shape index (κ2) is 5.75. The van der Waals surface area contributed by atoms with E-state index in [9.17, 15) is 22.8 Å². The highest BCUT2D eigenvalue weighted by molar-refractivity contribution is 6.02. The molecule has 0 atom stereocenters. The zero-order valence-corrected chi connectivity index (χ0v) is 12.1. The number of carbonyl (C=O) groups is 2. The predicted molar refractivity (Wildman–Crippen MR) is 71.3 cm³/mol. The number of hydrogen-bond acceptors (Lipinski definition) is 3. The average Bonchev–Trinajstić information content (AvgIpc) is 2.24. The van der Waals surface area contributed by atoms with Gasteiger partial charge in [-0.1, -0.05) is 0 Å². The first-order valence-electron chi connectivity index (χ1n) is 6.12. The number of carbonyl (C=O) groups excluding carboxylic acids is 2.